The lowest BCUT2D eigenvalue weighted by Crippen LogP contribution is -2.37. The second-order valence-corrected chi connectivity index (χ2v) is 6.60. The van der Waals surface area contributed by atoms with E-state index in [0.29, 0.717) is 40.6 Å². The van der Waals surface area contributed by atoms with Crippen molar-refractivity contribution >= 4 is 17.5 Å². The van der Waals surface area contributed by atoms with Gasteiger partial charge in [0.2, 0.25) is 11.8 Å². The Hall–Kier alpha value is -3.68. The molecule has 0 saturated carbocycles. The number of carbonyl (C=O) groups is 1. The number of nitrogen functional groups attached to an aromatic ring is 2. The second kappa shape index (κ2) is 6.80. The molecule has 142 valence electrons. The molecular formula is C20H20N6O2. The van der Waals surface area contributed by atoms with Gasteiger partial charge in [-0.1, -0.05) is 24.3 Å². The first-order valence-electron chi connectivity index (χ1n) is 8.81. The summed E-state index contributed by atoms with van der Waals surface area (Å²) < 4.78 is 5.25. The lowest BCUT2D eigenvalue weighted by atomic mass is 9.90. The molecule has 1 atom stereocenters. The fourth-order valence-electron chi connectivity index (χ4n) is 3.56. The number of nitrogens with zero attached hydrogens (tertiary/aromatic N) is 3. The first kappa shape index (κ1) is 17.7. The first-order valence-corrected chi connectivity index (χ1v) is 8.81. The lowest BCUT2D eigenvalue weighted by molar-refractivity contribution is 0.0922. The molecule has 2 aromatic heterocycles. The van der Waals surface area contributed by atoms with E-state index in [1.165, 1.54) is 7.11 Å². The predicted octanol–water partition coefficient (Wildman–Crippen LogP) is 2.05. The predicted molar refractivity (Wildman–Crippen MR) is 106 cm³/mol. The van der Waals surface area contributed by atoms with E-state index in [2.05, 4.69) is 20.3 Å². The Morgan fingerprint density at radius 1 is 1.11 bits per heavy atom. The Morgan fingerprint density at radius 2 is 1.89 bits per heavy atom. The molecule has 0 saturated heterocycles. The van der Waals surface area contributed by atoms with Crippen LogP contribution < -0.4 is 21.5 Å². The molecule has 8 nitrogen and oxygen atoms in total. The number of rotatable bonds is 3. The number of pyridine rings is 1. The number of ether oxygens (including phenoxy) is 1. The zero-order chi connectivity index (χ0) is 19.8. The highest BCUT2D eigenvalue weighted by atomic mass is 16.5. The number of aromatic nitrogens is 3. The number of carbonyl (C=O) groups excluding carboxylic acids is 1. The largest absolute Gasteiger partial charge is 0.480 e. The highest BCUT2D eigenvalue weighted by Gasteiger charge is 2.30. The van der Waals surface area contributed by atoms with E-state index >= 15 is 0 Å². The van der Waals surface area contributed by atoms with E-state index in [1.807, 2.05) is 30.3 Å². The molecule has 3 aromatic rings. The van der Waals surface area contributed by atoms with Gasteiger partial charge in [0.15, 0.2) is 0 Å². The fourth-order valence-corrected chi connectivity index (χ4v) is 3.56. The average Bonchev–Trinajstić information content (AvgIpc) is 2.67. The number of benzene rings is 1. The molecule has 3 heterocycles. The summed E-state index contributed by atoms with van der Waals surface area (Å²) in [5, 5.41) is 3.06. The van der Waals surface area contributed by atoms with Crippen LogP contribution in [-0.4, -0.2) is 28.0 Å². The molecule has 1 aliphatic heterocycles. The van der Waals surface area contributed by atoms with Crippen LogP contribution in [0.4, 0.5) is 11.6 Å². The summed E-state index contributed by atoms with van der Waals surface area (Å²) in [6.07, 6.45) is 0.512. The maximum atomic E-state index is 12.7. The topological polar surface area (TPSA) is 129 Å². The van der Waals surface area contributed by atoms with E-state index in [-0.39, 0.29) is 17.9 Å². The Morgan fingerprint density at radius 3 is 2.68 bits per heavy atom. The molecule has 5 N–H and O–H groups in total. The quantitative estimate of drug-likeness (QED) is 0.638. The van der Waals surface area contributed by atoms with Gasteiger partial charge in [-0.3, -0.25) is 4.79 Å². The van der Waals surface area contributed by atoms with Crippen LogP contribution in [0.3, 0.4) is 0 Å². The zero-order valence-corrected chi connectivity index (χ0v) is 15.6. The molecule has 4 rings (SSSR count). The summed E-state index contributed by atoms with van der Waals surface area (Å²) in [4.78, 5) is 25.6. The zero-order valence-electron chi connectivity index (χ0n) is 15.6. The third-order valence-corrected chi connectivity index (χ3v) is 4.81. The molecule has 0 fully saturated rings. The van der Waals surface area contributed by atoms with Crippen molar-refractivity contribution < 1.29 is 9.53 Å². The highest BCUT2D eigenvalue weighted by Crippen LogP contribution is 2.34. The Labute approximate surface area is 162 Å². The molecule has 0 spiro atoms. The van der Waals surface area contributed by atoms with Crippen LogP contribution in [0.2, 0.25) is 0 Å². The number of nitrogens with one attached hydrogen (secondary N) is 1. The minimum Gasteiger partial charge on any atom is -0.480 e. The minimum atomic E-state index is -0.268. The standard InChI is InChI=1S/C20H20N6O2/c1-10-17-16(26-20(22)23-10)9-15(24-18(17)27)12-6-4-3-5-11(12)14-8-7-13(21)19(25-14)28-2/h3-8,15H,9,21H2,1-2H3,(H,24,27)(H2,22,23,26)/t15-/m1/s1. The number of hydrogen-bond donors (Lipinski definition) is 3. The van der Waals surface area contributed by atoms with Crippen LogP contribution in [0.5, 0.6) is 5.88 Å². The first-order chi connectivity index (χ1) is 13.5. The SMILES string of the molecule is COc1nc(-c2ccccc2[C@H]2Cc3nc(N)nc(C)c3C(=O)N2)ccc1N. The van der Waals surface area contributed by atoms with Crippen molar-refractivity contribution in [3.63, 3.8) is 0 Å². The number of aryl methyl sites for hydroxylation is 1. The van der Waals surface area contributed by atoms with Gasteiger partial charge in [0.1, 0.15) is 0 Å². The number of methoxy groups -OCH3 is 1. The molecule has 0 bridgehead atoms. The van der Waals surface area contributed by atoms with Gasteiger partial charge >= 0.3 is 0 Å². The van der Waals surface area contributed by atoms with Crippen molar-refractivity contribution in [1.82, 2.24) is 20.3 Å². The van der Waals surface area contributed by atoms with E-state index in [1.54, 1.807) is 13.0 Å². The molecule has 0 radical (unpaired) electrons. The van der Waals surface area contributed by atoms with Crippen LogP contribution in [0.1, 0.15) is 33.4 Å². The third kappa shape index (κ3) is 2.98. The number of hydrogen-bond acceptors (Lipinski definition) is 7. The maximum absolute atomic E-state index is 12.7. The van der Waals surface area contributed by atoms with Crippen LogP contribution in [-0.2, 0) is 6.42 Å². The molecule has 0 unspecified atom stereocenters. The summed E-state index contributed by atoms with van der Waals surface area (Å²) in [6.45, 7) is 1.76. The second-order valence-electron chi connectivity index (χ2n) is 6.60. The number of anilines is 2. The van der Waals surface area contributed by atoms with Gasteiger partial charge in [0, 0.05) is 12.0 Å². The Balaban J connectivity index is 1.78. The summed E-state index contributed by atoms with van der Waals surface area (Å²) in [7, 11) is 1.53. The van der Waals surface area contributed by atoms with E-state index < -0.39 is 0 Å². The minimum absolute atomic E-state index is 0.169. The summed E-state index contributed by atoms with van der Waals surface area (Å²) >= 11 is 0. The molecule has 0 aliphatic carbocycles. The van der Waals surface area contributed by atoms with Crippen molar-refractivity contribution in [1.29, 1.82) is 0 Å². The van der Waals surface area contributed by atoms with Crippen molar-refractivity contribution in [2.45, 2.75) is 19.4 Å². The smallest absolute Gasteiger partial charge is 0.255 e. The van der Waals surface area contributed by atoms with Gasteiger partial charge in [-0.25, -0.2) is 15.0 Å². The van der Waals surface area contributed by atoms with Crippen molar-refractivity contribution in [2.75, 3.05) is 18.6 Å². The number of nitrogens with two attached hydrogens (primary N) is 2. The van der Waals surface area contributed by atoms with E-state index in [9.17, 15) is 4.79 Å². The van der Waals surface area contributed by atoms with Gasteiger partial charge in [0.25, 0.3) is 5.91 Å². The van der Waals surface area contributed by atoms with Gasteiger partial charge in [0.05, 0.1) is 41.5 Å². The molecular weight excluding hydrogens is 356 g/mol. The summed E-state index contributed by atoms with van der Waals surface area (Å²) in [5.41, 5.74) is 16.4. The Bertz CT molecular complexity index is 1080. The third-order valence-electron chi connectivity index (χ3n) is 4.81. The molecule has 1 aliphatic rings. The molecule has 1 amide bonds. The van der Waals surface area contributed by atoms with Gasteiger partial charge in [-0.15, -0.1) is 0 Å². The van der Waals surface area contributed by atoms with Crippen LogP contribution in [0.25, 0.3) is 11.3 Å². The normalized spacial score (nSPS) is 15.6. The van der Waals surface area contributed by atoms with Gasteiger partial charge < -0.3 is 21.5 Å². The maximum Gasteiger partial charge on any atom is 0.255 e. The highest BCUT2D eigenvalue weighted by molar-refractivity contribution is 5.98. The van der Waals surface area contributed by atoms with Gasteiger partial charge in [-0.05, 0) is 24.6 Å². The van der Waals surface area contributed by atoms with E-state index in [0.717, 1.165) is 11.1 Å². The average molecular weight is 376 g/mol. The summed E-state index contributed by atoms with van der Waals surface area (Å²) in [6, 6.07) is 11.1. The van der Waals surface area contributed by atoms with Crippen LogP contribution in [0, 0.1) is 6.92 Å². The van der Waals surface area contributed by atoms with Crippen LogP contribution >= 0.6 is 0 Å². The molecule has 8 heteroatoms. The molecule has 1 aromatic carbocycles. The van der Waals surface area contributed by atoms with Gasteiger partial charge in [-0.2, -0.15) is 0 Å². The van der Waals surface area contributed by atoms with Crippen molar-refractivity contribution in [3.8, 4) is 17.1 Å². The van der Waals surface area contributed by atoms with Crippen LogP contribution in [0.15, 0.2) is 36.4 Å². The number of fused-ring (bicyclic) bond motifs is 1. The fraction of sp³-hybridized carbons (Fsp3) is 0.200. The van der Waals surface area contributed by atoms with E-state index in [4.69, 9.17) is 16.2 Å². The van der Waals surface area contributed by atoms with Crippen molar-refractivity contribution in [3.05, 3.63) is 58.9 Å². The monoisotopic (exact) mass is 376 g/mol. The van der Waals surface area contributed by atoms with Crippen molar-refractivity contribution in [2.24, 2.45) is 0 Å². The Kier molecular flexibility index (Phi) is 4.31. The number of amides is 1. The summed E-state index contributed by atoms with van der Waals surface area (Å²) in [5.74, 6) is 0.325. The lowest BCUT2D eigenvalue weighted by Gasteiger charge is -2.27. The molecule has 28 heavy (non-hydrogen) atoms.